The first-order chi connectivity index (χ1) is 12.9. The van der Waals surface area contributed by atoms with Crippen LogP contribution in [0.25, 0.3) is 11.1 Å². The number of carboxylic acids is 1. The molecular formula is C20H15ClO4S2. The lowest BCUT2D eigenvalue weighted by Gasteiger charge is -2.15. The zero-order valence-corrected chi connectivity index (χ0v) is 16.4. The SMILES string of the molecule is O=C(O)c1cc(SCc2ccccc2)c(-c2ccccc2)c(S(=O)(=O)Cl)c1. The summed E-state index contributed by atoms with van der Waals surface area (Å²) >= 11 is 1.37. The quantitative estimate of drug-likeness (QED) is 0.436. The fraction of sp³-hybridized carbons (Fsp3) is 0.0500. The van der Waals surface area contributed by atoms with Crippen molar-refractivity contribution in [3.63, 3.8) is 0 Å². The molecule has 3 rings (SSSR count). The number of hydrogen-bond acceptors (Lipinski definition) is 4. The van der Waals surface area contributed by atoms with Crippen LogP contribution in [0.3, 0.4) is 0 Å². The van der Waals surface area contributed by atoms with E-state index in [1.54, 1.807) is 24.3 Å². The fourth-order valence-electron chi connectivity index (χ4n) is 2.64. The van der Waals surface area contributed by atoms with Crippen LogP contribution >= 0.6 is 22.4 Å². The van der Waals surface area contributed by atoms with Crippen LogP contribution < -0.4 is 0 Å². The van der Waals surface area contributed by atoms with Gasteiger partial charge in [-0.3, -0.25) is 0 Å². The molecule has 0 fully saturated rings. The molecule has 0 radical (unpaired) electrons. The average Bonchev–Trinajstić information content (AvgIpc) is 2.66. The van der Waals surface area contributed by atoms with Gasteiger partial charge >= 0.3 is 5.97 Å². The summed E-state index contributed by atoms with van der Waals surface area (Å²) < 4.78 is 24.4. The standard InChI is InChI=1S/C20H15ClO4S2/c21-27(24,25)18-12-16(20(22)23)11-17(19(18)15-9-5-2-6-10-15)26-13-14-7-3-1-4-8-14/h1-12H,13H2,(H,22,23). The van der Waals surface area contributed by atoms with Crippen molar-refractivity contribution < 1.29 is 18.3 Å². The van der Waals surface area contributed by atoms with Crippen LogP contribution in [-0.4, -0.2) is 19.5 Å². The smallest absolute Gasteiger partial charge is 0.335 e. The Kier molecular flexibility index (Phi) is 5.89. The van der Waals surface area contributed by atoms with Gasteiger partial charge in [0.15, 0.2) is 0 Å². The maximum absolute atomic E-state index is 12.2. The number of carbonyl (C=O) groups is 1. The summed E-state index contributed by atoms with van der Waals surface area (Å²) in [4.78, 5) is 11.8. The summed E-state index contributed by atoms with van der Waals surface area (Å²) in [6, 6.07) is 21.2. The summed E-state index contributed by atoms with van der Waals surface area (Å²) in [6.07, 6.45) is 0. The number of rotatable bonds is 6. The molecule has 0 amide bonds. The first-order valence-corrected chi connectivity index (χ1v) is 11.2. The number of halogens is 1. The maximum Gasteiger partial charge on any atom is 0.335 e. The van der Waals surface area contributed by atoms with Crippen LogP contribution in [0.2, 0.25) is 0 Å². The fourth-order valence-corrected chi connectivity index (χ4v) is 4.91. The first-order valence-electron chi connectivity index (χ1n) is 7.94. The van der Waals surface area contributed by atoms with Gasteiger partial charge in [-0.05, 0) is 23.3 Å². The van der Waals surface area contributed by atoms with E-state index in [9.17, 15) is 18.3 Å². The Labute approximate surface area is 166 Å². The Hall–Kier alpha value is -2.28. The van der Waals surface area contributed by atoms with Gasteiger partial charge in [-0.2, -0.15) is 0 Å². The van der Waals surface area contributed by atoms with Crippen molar-refractivity contribution in [1.29, 1.82) is 0 Å². The van der Waals surface area contributed by atoms with E-state index < -0.39 is 15.0 Å². The van der Waals surface area contributed by atoms with E-state index in [-0.39, 0.29) is 10.5 Å². The van der Waals surface area contributed by atoms with E-state index >= 15 is 0 Å². The molecule has 0 aliphatic carbocycles. The van der Waals surface area contributed by atoms with Crippen LogP contribution in [0.15, 0.2) is 82.6 Å². The topological polar surface area (TPSA) is 71.4 Å². The monoisotopic (exact) mass is 418 g/mol. The molecule has 138 valence electrons. The van der Waals surface area contributed by atoms with Gasteiger partial charge in [-0.15, -0.1) is 11.8 Å². The molecule has 0 heterocycles. The molecule has 0 saturated carbocycles. The van der Waals surface area contributed by atoms with Crippen LogP contribution in [0.4, 0.5) is 0 Å². The second-order valence-electron chi connectivity index (χ2n) is 5.73. The Morgan fingerprint density at radius 3 is 2.11 bits per heavy atom. The van der Waals surface area contributed by atoms with E-state index in [0.29, 0.717) is 21.8 Å². The lowest BCUT2D eigenvalue weighted by atomic mass is 10.0. The van der Waals surface area contributed by atoms with Gasteiger partial charge in [-0.25, -0.2) is 13.2 Å². The molecule has 0 aliphatic rings. The van der Waals surface area contributed by atoms with Gasteiger partial charge in [-0.1, -0.05) is 60.7 Å². The first kappa shape index (κ1) is 19.5. The van der Waals surface area contributed by atoms with Crippen molar-refractivity contribution in [1.82, 2.24) is 0 Å². The minimum absolute atomic E-state index is 0.121. The van der Waals surface area contributed by atoms with Gasteiger partial charge in [0.2, 0.25) is 0 Å². The Bertz CT molecular complexity index is 1070. The zero-order chi connectivity index (χ0) is 19.4. The van der Waals surface area contributed by atoms with Crippen molar-refractivity contribution >= 4 is 37.5 Å². The van der Waals surface area contributed by atoms with Crippen LogP contribution in [0.5, 0.6) is 0 Å². The number of thioether (sulfide) groups is 1. The molecule has 0 bridgehead atoms. The maximum atomic E-state index is 12.2. The Morgan fingerprint density at radius 1 is 0.963 bits per heavy atom. The lowest BCUT2D eigenvalue weighted by Crippen LogP contribution is -2.03. The van der Waals surface area contributed by atoms with Crippen molar-refractivity contribution in [3.8, 4) is 11.1 Å². The van der Waals surface area contributed by atoms with Crippen molar-refractivity contribution in [2.45, 2.75) is 15.5 Å². The van der Waals surface area contributed by atoms with E-state index in [1.807, 2.05) is 36.4 Å². The minimum atomic E-state index is -4.15. The highest BCUT2D eigenvalue weighted by atomic mass is 35.7. The van der Waals surface area contributed by atoms with Crippen molar-refractivity contribution in [2.75, 3.05) is 0 Å². The molecule has 0 aromatic heterocycles. The predicted molar refractivity (Wildman–Crippen MR) is 108 cm³/mol. The van der Waals surface area contributed by atoms with E-state index in [1.165, 1.54) is 17.8 Å². The third-order valence-corrected chi connectivity index (χ3v) is 6.33. The largest absolute Gasteiger partial charge is 0.478 e. The van der Waals surface area contributed by atoms with E-state index in [0.717, 1.165) is 11.6 Å². The highest BCUT2D eigenvalue weighted by molar-refractivity contribution is 8.13. The van der Waals surface area contributed by atoms with Gasteiger partial charge in [0.05, 0.1) is 10.5 Å². The van der Waals surface area contributed by atoms with Gasteiger partial charge in [0.25, 0.3) is 9.05 Å². The highest BCUT2D eigenvalue weighted by Crippen LogP contribution is 2.40. The Morgan fingerprint density at radius 2 is 1.56 bits per heavy atom. The van der Waals surface area contributed by atoms with E-state index in [4.69, 9.17) is 10.7 Å². The van der Waals surface area contributed by atoms with Gasteiger partial charge in [0, 0.05) is 26.9 Å². The molecule has 0 aliphatic heterocycles. The van der Waals surface area contributed by atoms with Crippen LogP contribution in [-0.2, 0) is 14.8 Å². The van der Waals surface area contributed by atoms with E-state index in [2.05, 4.69) is 0 Å². The molecule has 1 N–H and O–H groups in total. The second kappa shape index (κ2) is 8.17. The van der Waals surface area contributed by atoms with Crippen molar-refractivity contribution in [3.05, 3.63) is 83.9 Å². The highest BCUT2D eigenvalue weighted by Gasteiger charge is 2.23. The molecule has 0 saturated heterocycles. The summed E-state index contributed by atoms with van der Waals surface area (Å²) in [5.41, 5.74) is 1.99. The number of hydrogen-bond donors (Lipinski definition) is 1. The molecule has 27 heavy (non-hydrogen) atoms. The summed E-state index contributed by atoms with van der Waals surface area (Å²) in [5.74, 6) is -0.649. The summed E-state index contributed by atoms with van der Waals surface area (Å²) in [6.45, 7) is 0. The minimum Gasteiger partial charge on any atom is -0.478 e. The normalized spacial score (nSPS) is 11.3. The molecule has 3 aromatic rings. The predicted octanol–water partition coefficient (Wildman–Crippen LogP) is 5.27. The van der Waals surface area contributed by atoms with Crippen molar-refractivity contribution in [2.24, 2.45) is 0 Å². The molecule has 7 heteroatoms. The molecule has 0 spiro atoms. The third-order valence-electron chi connectivity index (χ3n) is 3.88. The van der Waals surface area contributed by atoms with Crippen LogP contribution in [0.1, 0.15) is 15.9 Å². The molecule has 0 unspecified atom stereocenters. The lowest BCUT2D eigenvalue weighted by molar-refractivity contribution is 0.0696. The second-order valence-corrected chi connectivity index (χ2v) is 9.28. The molecular weight excluding hydrogens is 404 g/mol. The molecule has 3 aromatic carbocycles. The number of carboxylic acid groups (broad SMARTS) is 1. The van der Waals surface area contributed by atoms with Crippen LogP contribution in [0, 0.1) is 0 Å². The van der Waals surface area contributed by atoms with Gasteiger partial charge < -0.3 is 5.11 Å². The van der Waals surface area contributed by atoms with Gasteiger partial charge in [0.1, 0.15) is 0 Å². The molecule has 0 atom stereocenters. The molecule has 4 nitrogen and oxygen atoms in total. The summed E-state index contributed by atoms with van der Waals surface area (Å²) in [5, 5.41) is 9.40. The third kappa shape index (κ3) is 4.71. The average molecular weight is 419 g/mol. The Balaban J connectivity index is 2.19. The zero-order valence-electron chi connectivity index (χ0n) is 14.0. The number of aromatic carboxylic acids is 1. The summed E-state index contributed by atoms with van der Waals surface area (Å²) in [7, 11) is 1.50. The number of benzene rings is 3.